The van der Waals surface area contributed by atoms with Crippen LogP contribution in [0.15, 0.2) is 29.4 Å². The first kappa shape index (κ1) is 19.2. The molecule has 2 aromatic rings. The van der Waals surface area contributed by atoms with Crippen LogP contribution in [0.25, 0.3) is 10.9 Å². The Morgan fingerprint density at radius 3 is 2.52 bits per heavy atom. The van der Waals surface area contributed by atoms with Gasteiger partial charge in [-0.3, -0.25) is 5.43 Å². The highest BCUT2D eigenvalue weighted by atomic mass is 16.4. The Labute approximate surface area is 145 Å². The van der Waals surface area contributed by atoms with Crippen molar-refractivity contribution >= 4 is 22.9 Å². The van der Waals surface area contributed by atoms with Crippen LogP contribution < -0.4 is 5.43 Å². The quantitative estimate of drug-likeness (QED) is 0.298. The second kappa shape index (κ2) is 8.32. The van der Waals surface area contributed by atoms with Crippen LogP contribution in [0.3, 0.4) is 0 Å². The zero-order chi connectivity index (χ0) is 18.6. The van der Waals surface area contributed by atoms with Crippen LogP contribution in [0, 0.1) is 13.8 Å². The fourth-order valence-electron chi connectivity index (χ4n) is 2.38. The molecule has 1 aromatic carbocycles. The van der Waals surface area contributed by atoms with E-state index in [-0.39, 0.29) is 0 Å². The number of aliphatic hydroxyl groups is 5. The van der Waals surface area contributed by atoms with E-state index in [0.29, 0.717) is 5.82 Å². The zero-order valence-corrected chi connectivity index (χ0v) is 14.0. The van der Waals surface area contributed by atoms with Gasteiger partial charge in [0.15, 0.2) is 0 Å². The Kier molecular flexibility index (Phi) is 6.40. The number of nitrogens with one attached hydrogen (secondary N) is 1. The lowest BCUT2D eigenvalue weighted by Gasteiger charge is -2.23. The lowest BCUT2D eigenvalue weighted by molar-refractivity contribution is -0.0999. The van der Waals surface area contributed by atoms with E-state index in [1.54, 1.807) is 6.07 Å². The van der Waals surface area contributed by atoms with Gasteiger partial charge in [0.05, 0.1) is 18.3 Å². The molecule has 0 spiro atoms. The fourth-order valence-corrected chi connectivity index (χ4v) is 2.38. The second-order valence-electron chi connectivity index (χ2n) is 5.96. The molecule has 8 heteroatoms. The van der Waals surface area contributed by atoms with Gasteiger partial charge in [0.2, 0.25) is 0 Å². The van der Waals surface area contributed by atoms with Gasteiger partial charge in [0.1, 0.15) is 30.2 Å². The molecule has 0 aliphatic heterocycles. The largest absolute Gasteiger partial charge is 0.394 e. The first-order valence-corrected chi connectivity index (χ1v) is 7.84. The number of pyridine rings is 1. The van der Waals surface area contributed by atoms with Crippen LogP contribution in [0.2, 0.25) is 0 Å². The molecule has 1 aromatic heterocycles. The van der Waals surface area contributed by atoms with Crippen molar-refractivity contribution in [2.45, 2.75) is 38.3 Å². The number of aryl methyl sites for hydroxylation is 2. The van der Waals surface area contributed by atoms with Crippen molar-refractivity contribution in [1.82, 2.24) is 4.98 Å². The minimum atomic E-state index is -1.70. The van der Waals surface area contributed by atoms with E-state index in [9.17, 15) is 20.4 Å². The highest BCUT2D eigenvalue weighted by molar-refractivity contribution is 5.84. The first-order valence-electron chi connectivity index (χ1n) is 7.84. The molecule has 0 aliphatic carbocycles. The van der Waals surface area contributed by atoms with Crippen LogP contribution in [0.4, 0.5) is 5.82 Å². The van der Waals surface area contributed by atoms with Crippen molar-refractivity contribution in [3.8, 4) is 0 Å². The minimum absolute atomic E-state index is 0.462. The molecule has 0 bridgehead atoms. The fraction of sp³-hybridized carbons (Fsp3) is 0.412. The summed E-state index contributed by atoms with van der Waals surface area (Å²) in [6, 6.07) is 7.74. The maximum Gasteiger partial charge on any atom is 0.147 e. The summed E-state index contributed by atoms with van der Waals surface area (Å²) in [5, 5.41) is 51.8. The smallest absolute Gasteiger partial charge is 0.147 e. The predicted octanol–water partition coefficient (Wildman–Crippen LogP) is -0.315. The third kappa shape index (κ3) is 4.71. The summed E-state index contributed by atoms with van der Waals surface area (Å²) < 4.78 is 0. The zero-order valence-electron chi connectivity index (χ0n) is 14.0. The summed E-state index contributed by atoms with van der Waals surface area (Å²) in [6.45, 7) is 3.18. The highest BCUT2D eigenvalue weighted by Gasteiger charge is 2.29. The number of aliphatic hydroxyl groups excluding tert-OH is 5. The Morgan fingerprint density at radius 1 is 1.12 bits per heavy atom. The normalized spacial score (nSPS) is 16.8. The van der Waals surface area contributed by atoms with E-state index >= 15 is 0 Å². The molecule has 0 saturated heterocycles. The van der Waals surface area contributed by atoms with Gasteiger partial charge in [-0.1, -0.05) is 12.1 Å². The SMILES string of the molecule is Cc1ccc2c(C)cc(N/N=C/[C@@H](O)[C@@H](O)[C@H](O)[C@H](O)CO)nc2c1. The van der Waals surface area contributed by atoms with Crippen LogP contribution in [-0.2, 0) is 0 Å². The van der Waals surface area contributed by atoms with Crippen LogP contribution in [0.5, 0.6) is 0 Å². The van der Waals surface area contributed by atoms with E-state index < -0.39 is 31.0 Å². The Morgan fingerprint density at radius 2 is 1.84 bits per heavy atom. The molecule has 0 saturated carbocycles. The molecule has 0 aliphatic rings. The van der Waals surface area contributed by atoms with E-state index in [0.717, 1.165) is 28.2 Å². The molecule has 0 unspecified atom stereocenters. The van der Waals surface area contributed by atoms with Crippen LogP contribution in [0.1, 0.15) is 11.1 Å². The number of nitrogens with zero attached hydrogens (tertiary/aromatic N) is 2. The minimum Gasteiger partial charge on any atom is -0.394 e. The van der Waals surface area contributed by atoms with E-state index in [1.807, 2.05) is 32.0 Å². The number of anilines is 1. The second-order valence-corrected chi connectivity index (χ2v) is 5.96. The highest BCUT2D eigenvalue weighted by Crippen LogP contribution is 2.21. The molecule has 2 rings (SSSR count). The number of hydrogen-bond donors (Lipinski definition) is 6. The summed E-state index contributed by atoms with van der Waals surface area (Å²) in [4.78, 5) is 4.42. The third-order valence-corrected chi connectivity index (χ3v) is 3.86. The molecular formula is C17H23N3O5. The average molecular weight is 349 g/mol. The molecule has 0 radical (unpaired) electrons. The van der Waals surface area contributed by atoms with Crippen molar-refractivity contribution in [3.05, 3.63) is 35.4 Å². The van der Waals surface area contributed by atoms with Crippen molar-refractivity contribution < 1.29 is 25.5 Å². The molecule has 4 atom stereocenters. The van der Waals surface area contributed by atoms with E-state index in [2.05, 4.69) is 15.5 Å². The molecule has 136 valence electrons. The number of hydrogen-bond acceptors (Lipinski definition) is 8. The summed E-state index contributed by atoms with van der Waals surface area (Å²) in [5.74, 6) is 0.462. The molecule has 25 heavy (non-hydrogen) atoms. The average Bonchev–Trinajstić information content (AvgIpc) is 2.59. The Bertz CT molecular complexity index is 752. The van der Waals surface area contributed by atoms with E-state index in [4.69, 9.17) is 5.11 Å². The molecule has 6 N–H and O–H groups in total. The standard InChI is InChI=1S/C17H23N3O5/c1-9-3-4-11-10(2)6-15(19-12(11)5-9)20-18-7-13(22)16(24)17(25)14(23)8-21/h3-7,13-14,16-17,21-25H,8H2,1-2H3,(H,19,20)/b18-7+/t13-,14-,16-,17-/m1/s1. The molecule has 0 fully saturated rings. The van der Waals surface area contributed by atoms with Crippen molar-refractivity contribution in [2.24, 2.45) is 5.10 Å². The topological polar surface area (TPSA) is 138 Å². The van der Waals surface area contributed by atoms with Gasteiger partial charge in [-0.05, 0) is 37.1 Å². The predicted molar refractivity (Wildman–Crippen MR) is 94.4 cm³/mol. The lowest BCUT2D eigenvalue weighted by atomic mass is 10.0. The van der Waals surface area contributed by atoms with Crippen molar-refractivity contribution in [3.63, 3.8) is 0 Å². The summed E-state index contributed by atoms with van der Waals surface area (Å²) >= 11 is 0. The van der Waals surface area contributed by atoms with Gasteiger partial charge in [0.25, 0.3) is 0 Å². The summed E-state index contributed by atoms with van der Waals surface area (Å²) in [5.41, 5.74) is 5.55. The van der Waals surface area contributed by atoms with Crippen molar-refractivity contribution in [1.29, 1.82) is 0 Å². The van der Waals surface area contributed by atoms with Crippen LogP contribution in [-0.4, -0.2) is 67.8 Å². The number of hydrazone groups is 1. The maximum absolute atomic E-state index is 9.76. The van der Waals surface area contributed by atoms with Crippen molar-refractivity contribution in [2.75, 3.05) is 12.0 Å². The van der Waals surface area contributed by atoms with Gasteiger partial charge < -0.3 is 25.5 Å². The monoisotopic (exact) mass is 349 g/mol. The van der Waals surface area contributed by atoms with Crippen LogP contribution >= 0.6 is 0 Å². The van der Waals surface area contributed by atoms with Gasteiger partial charge in [-0.25, -0.2) is 4.98 Å². The third-order valence-electron chi connectivity index (χ3n) is 3.86. The molecular weight excluding hydrogens is 326 g/mol. The number of aromatic nitrogens is 1. The first-order chi connectivity index (χ1) is 11.8. The number of fused-ring (bicyclic) bond motifs is 1. The van der Waals surface area contributed by atoms with Gasteiger partial charge >= 0.3 is 0 Å². The molecule has 8 nitrogen and oxygen atoms in total. The number of rotatable bonds is 7. The summed E-state index contributed by atoms with van der Waals surface area (Å²) in [7, 11) is 0. The Balaban J connectivity index is 2.07. The van der Waals surface area contributed by atoms with Gasteiger partial charge in [-0.15, -0.1) is 0 Å². The van der Waals surface area contributed by atoms with Gasteiger partial charge in [-0.2, -0.15) is 5.10 Å². The van der Waals surface area contributed by atoms with Gasteiger partial charge in [0, 0.05) is 5.39 Å². The molecule has 0 amide bonds. The summed E-state index contributed by atoms with van der Waals surface area (Å²) in [6.07, 6.45) is -5.50. The molecule has 1 heterocycles. The van der Waals surface area contributed by atoms with E-state index in [1.165, 1.54) is 0 Å². The Hall–Kier alpha value is -2.10. The maximum atomic E-state index is 9.76. The lowest BCUT2D eigenvalue weighted by Crippen LogP contribution is -2.46. The number of benzene rings is 1.